The third kappa shape index (κ3) is 3.59. The molecule has 3 rings (SSSR count). The summed E-state index contributed by atoms with van der Waals surface area (Å²) in [7, 11) is -3.90. The summed E-state index contributed by atoms with van der Waals surface area (Å²) >= 11 is 0. The van der Waals surface area contributed by atoms with Crippen LogP contribution in [0.15, 0.2) is 60.3 Å². The van der Waals surface area contributed by atoms with E-state index < -0.39 is 16.1 Å². The minimum Gasteiger partial charge on any atom is -0.294 e. The fraction of sp³-hybridized carbons (Fsp3) is 0.176. The summed E-state index contributed by atoms with van der Waals surface area (Å²) in [6, 6.07) is 14.4. The molecule has 1 aliphatic rings. The Morgan fingerprint density at radius 2 is 1.83 bits per heavy atom. The fourth-order valence-corrected chi connectivity index (χ4v) is 3.41. The molecule has 7 heteroatoms. The van der Waals surface area contributed by atoms with E-state index in [0.29, 0.717) is 11.3 Å². The molecule has 2 aromatic rings. The lowest BCUT2D eigenvalue weighted by atomic mass is 9.87. The number of pyridine rings is 1. The highest BCUT2D eigenvalue weighted by Gasteiger charge is 2.36. The maximum absolute atomic E-state index is 12.8. The van der Waals surface area contributed by atoms with Gasteiger partial charge in [-0.15, -0.1) is 0 Å². The van der Waals surface area contributed by atoms with Crippen molar-refractivity contribution in [3.05, 3.63) is 71.6 Å². The Balaban J connectivity index is 2.02. The molecule has 24 heavy (non-hydrogen) atoms. The molecule has 1 atom stereocenters. The van der Waals surface area contributed by atoms with Crippen molar-refractivity contribution < 1.29 is 13.2 Å². The van der Waals surface area contributed by atoms with Crippen molar-refractivity contribution in [3.8, 4) is 0 Å². The molecule has 0 radical (unpaired) electrons. The number of hydrogen-bond donors (Lipinski definition) is 1. The van der Waals surface area contributed by atoms with Gasteiger partial charge in [-0.2, -0.15) is 12.7 Å². The Morgan fingerprint density at radius 3 is 2.46 bits per heavy atom. The summed E-state index contributed by atoms with van der Waals surface area (Å²) in [6.45, 7) is -0.00118. The molecule has 0 bridgehead atoms. The minimum absolute atomic E-state index is 0.0429. The number of nitrogens with zero attached hydrogens (tertiary/aromatic N) is 2. The summed E-state index contributed by atoms with van der Waals surface area (Å²) in [5.74, 6) is -0.681. The van der Waals surface area contributed by atoms with Crippen molar-refractivity contribution in [1.29, 1.82) is 0 Å². The zero-order valence-corrected chi connectivity index (χ0v) is 13.7. The van der Waals surface area contributed by atoms with Gasteiger partial charge in [0.15, 0.2) is 5.78 Å². The van der Waals surface area contributed by atoms with Crippen LogP contribution in [0.25, 0.3) is 6.08 Å². The van der Waals surface area contributed by atoms with Gasteiger partial charge in [-0.3, -0.25) is 9.78 Å². The van der Waals surface area contributed by atoms with E-state index in [9.17, 15) is 13.2 Å². The second kappa shape index (κ2) is 6.64. The Bertz CT molecular complexity index is 864. The van der Waals surface area contributed by atoms with Crippen molar-refractivity contribution in [1.82, 2.24) is 9.29 Å². The zero-order chi connectivity index (χ0) is 17.2. The monoisotopic (exact) mass is 343 g/mol. The Hall–Kier alpha value is -2.35. The minimum atomic E-state index is -3.90. The second-order valence-corrected chi connectivity index (χ2v) is 7.14. The molecule has 1 unspecified atom stereocenters. The van der Waals surface area contributed by atoms with Crippen LogP contribution in [0.1, 0.15) is 17.2 Å². The largest absolute Gasteiger partial charge is 0.294 e. The lowest BCUT2D eigenvalue weighted by Crippen LogP contribution is -2.47. The smallest absolute Gasteiger partial charge is 0.277 e. The number of benzene rings is 1. The van der Waals surface area contributed by atoms with Gasteiger partial charge in [-0.1, -0.05) is 36.4 Å². The molecule has 1 aromatic carbocycles. The normalized spacial score (nSPS) is 21.1. The van der Waals surface area contributed by atoms with Gasteiger partial charge >= 0.3 is 0 Å². The van der Waals surface area contributed by atoms with E-state index in [-0.39, 0.29) is 18.9 Å². The summed E-state index contributed by atoms with van der Waals surface area (Å²) < 4.78 is 24.8. The summed E-state index contributed by atoms with van der Waals surface area (Å²) in [4.78, 5) is 17.0. The van der Waals surface area contributed by atoms with Gasteiger partial charge in [0.2, 0.25) is 0 Å². The molecule has 0 spiro atoms. The number of nitrogens with two attached hydrogens (primary N) is 1. The maximum Gasteiger partial charge on any atom is 0.277 e. The van der Waals surface area contributed by atoms with Crippen LogP contribution in [0, 0.1) is 0 Å². The topological polar surface area (TPSA) is 93.4 Å². The molecule has 2 N–H and O–H groups in total. The predicted molar refractivity (Wildman–Crippen MR) is 91.1 cm³/mol. The highest BCUT2D eigenvalue weighted by atomic mass is 32.2. The molecule has 6 nitrogen and oxygen atoms in total. The van der Waals surface area contributed by atoms with Crippen LogP contribution >= 0.6 is 0 Å². The lowest BCUT2D eigenvalue weighted by Gasteiger charge is -2.31. The molecule has 2 heterocycles. The molecule has 1 fully saturated rings. The highest BCUT2D eigenvalue weighted by molar-refractivity contribution is 7.86. The van der Waals surface area contributed by atoms with Crippen LogP contribution in [0.4, 0.5) is 0 Å². The van der Waals surface area contributed by atoms with E-state index in [1.807, 2.05) is 30.3 Å². The third-order valence-corrected chi connectivity index (χ3v) is 4.94. The average molecular weight is 343 g/mol. The highest BCUT2D eigenvalue weighted by Crippen LogP contribution is 2.28. The number of aromatic nitrogens is 1. The predicted octanol–water partition coefficient (Wildman–Crippen LogP) is 1.34. The Morgan fingerprint density at radius 1 is 1.12 bits per heavy atom. The van der Waals surface area contributed by atoms with E-state index in [2.05, 4.69) is 4.98 Å². The van der Waals surface area contributed by atoms with Gasteiger partial charge in [0, 0.05) is 24.9 Å². The van der Waals surface area contributed by atoms with Crippen LogP contribution in [0.5, 0.6) is 0 Å². The molecular formula is C17H17N3O3S. The lowest BCUT2D eigenvalue weighted by molar-refractivity contribution is -0.118. The summed E-state index contributed by atoms with van der Waals surface area (Å²) in [5.41, 5.74) is 1.74. The van der Waals surface area contributed by atoms with Gasteiger partial charge in [0.1, 0.15) is 0 Å². The van der Waals surface area contributed by atoms with Crippen LogP contribution in [0.2, 0.25) is 0 Å². The van der Waals surface area contributed by atoms with E-state index in [0.717, 1.165) is 9.87 Å². The number of piperidine rings is 1. The van der Waals surface area contributed by atoms with Crippen molar-refractivity contribution in [2.24, 2.45) is 5.14 Å². The number of rotatable bonds is 3. The fourth-order valence-electron chi connectivity index (χ4n) is 2.74. The average Bonchev–Trinajstić information content (AvgIpc) is 2.57. The summed E-state index contributed by atoms with van der Waals surface area (Å²) in [6.07, 6.45) is 3.24. The van der Waals surface area contributed by atoms with Gasteiger partial charge < -0.3 is 0 Å². The van der Waals surface area contributed by atoms with Crippen molar-refractivity contribution in [2.75, 3.05) is 13.1 Å². The number of hydrogen-bond acceptors (Lipinski definition) is 4. The third-order valence-electron chi connectivity index (χ3n) is 3.94. The molecular weight excluding hydrogens is 326 g/mol. The van der Waals surface area contributed by atoms with Crippen LogP contribution in [-0.2, 0) is 15.0 Å². The first-order valence-corrected chi connectivity index (χ1v) is 8.94. The molecule has 0 aliphatic carbocycles. The van der Waals surface area contributed by atoms with E-state index in [4.69, 9.17) is 5.14 Å². The van der Waals surface area contributed by atoms with Gasteiger partial charge in [-0.25, -0.2) is 5.14 Å². The van der Waals surface area contributed by atoms with Gasteiger partial charge in [-0.05, 0) is 23.8 Å². The first-order chi connectivity index (χ1) is 11.4. The SMILES string of the molecule is NS(=O)(=O)N1C/C(=C/c2ccccn2)C(=O)C(c2ccccc2)C1. The number of carbonyl (C=O) groups excluding carboxylic acids is 1. The first kappa shape index (κ1) is 16.5. The van der Waals surface area contributed by atoms with E-state index in [1.165, 1.54) is 0 Å². The van der Waals surface area contributed by atoms with Gasteiger partial charge in [0.25, 0.3) is 10.2 Å². The van der Waals surface area contributed by atoms with Crippen molar-refractivity contribution >= 4 is 22.1 Å². The maximum atomic E-state index is 12.8. The summed E-state index contributed by atoms with van der Waals surface area (Å²) in [5, 5.41) is 5.30. The first-order valence-electron chi connectivity index (χ1n) is 7.44. The van der Waals surface area contributed by atoms with Crippen LogP contribution in [0.3, 0.4) is 0 Å². The van der Waals surface area contributed by atoms with Crippen molar-refractivity contribution in [2.45, 2.75) is 5.92 Å². The van der Waals surface area contributed by atoms with Crippen molar-refractivity contribution in [3.63, 3.8) is 0 Å². The number of carbonyl (C=O) groups is 1. The van der Waals surface area contributed by atoms with Crippen LogP contribution < -0.4 is 5.14 Å². The van der Waals surface area contributed by atoms with Gasteiger partial charge in [0.05, 0.1) is 11.6 Å². The number of Topliss-reactive ketones (excluding diaryl/α,β-unsaturated/α-hetero) is 1. The standard InChI is InChI=1S/C17H17N3O3S/c18-24(22,23)20-11-14(10-15-8-4-5-9-19-15)17(21)16(12-20)13-6-2-1-3-7-13/h1-10,16H,11-12H2,(H2,18,22,23)/b14-10-. The molecule has 1 saturated heterocycles. The molecule has 1 aliphatic heterocycles. The molecule has 1 aromatic heterocycles. The second-order valence-electron chi connectivity index (χ2n) is 5.59. The quantitative estimate of drug-likeness (QED) is 0.851. The molecule has 124 valence electrons. The van der Waals surface area contributed by atoms with Crippen LogP contribution in [-0.4, -0.2) is 36.6 Å². The Labute approximate surface area is 140 Å². The molecule has 0 amide bonds. The van der Waals surface area contributed by atoms with E-state index in [1.54, 1.807) is 30.5 Å². The zero-order valence-electron chi connectivity index (χ0n) is 12.9. The van der Waals surface area contributed by atoms with E-state index >= 15 is 0 Å². The number of ketones is 1. The Kier molecular flexibility index (Phi) is 4.57. The molecule has 0 saturated carbocycles.